The molecule has 0 saturated heterocycles. The van der Waals surface area contributed by atoms with Gasteiger partial charge in [0.1, 0.15) is 0 Å². The zero-order chi connectivity index (χ0) is 9.68. The molecule has 72 valence electrons. The molecule has 0 heterocycles. The van der Waals surface area contributed by atoms with Crippen LogP contribution in [0.5, 0.6) is 0 Å². The minimum atomic E-state index is 0.220. The maximum atomic E-state index is 9.17. The molecular weight excluding hydrogens is 248 g/mol. The summed E-state index contributed by atoms with van der Waals surface area (Å²) < 4.78 is 1.07. The molecule has 0 fully saturated rings. The first kappa shape index (κ1) is 11.1. The zero-order valence-corrected chi connectivity index (χ0v) is 9.94. The van der Waals surface area contributed by atoms with Crippen molar-refractivity contribution in [1.29, 1.82) is 0 Å². The van der Waals surface area contributed by atoms with Gasteiger partial charge >= 0.3 is 0 Å². The summed E-state index contributed by atoms with van der Waals surface area (Å²) in [6, 6.07) is 8.12. The first-order valence-electron chi connectivity index (χ1n) is 4.13. The lowest BCUT2D eigenvalue weighted by Crippen LogP contribution is -2.06. The Labute approximate surface area is 91.7 Å². The highest BCUT2D eigenvalue weighted by atomic mass is 79.9. The lowest BCUT2D eigenvalue weighted by molar-refractivity contribution is 0.275. The van der Waals surface area contributed by atoms with Crippen LogP contribution in [0, 0.1) is 0 Å². The average molecular weight is 261 g/mol. The molecule has 0 aromatic heterocycles. The van der Waals surface area contributed by atoms with E-state index in [1.54, 1.807) is 11.8 Å². The van der Waals surface area contributed by atoms with E-state index >= 15 is 0 Å². The Morgan fingerprint density at radius 1 is 1.54 bits per heavy atom. The second-order valence-corrected chi connectivity index (χ2v) is 4.72. The largest absolute Gasteiger partial charge is 0.396 e. The summed E-state index contributed by atoms with van der Waals surface area (Å²) in [6.07, 6.45) is 2.06. The van der Waals surface area contributed by atoms with Gasteiger partial charge in [0.25, 0.3) is 0 Å². The van der Waals surface area contributed by atoms with Crippen LogP contribution in [0.15, 0.2) is 28.7 Å². The topological polar surface area (TPSA) is 20.2 Å². The van der Waals surface area contributed by atoms with Crippen molar-refractivity contribution in [1.82, 2.24) is 0 Å². The number of hydrogen-bond acceptors (Lipinski definition) is 2. The van der Waals surface area contributed by atoms with Crippen LogP contribution in [0.2, 0.25) is 0 Å². The average Bonchev–Trinajstić information content (AvgIpc) is 2.14. The molecule has 3 heteroatoms. The normalized spacial score (nSPS) is 12.8. The molecular formula is C10H13BrOS. The molecule has 0 saturated carbocycles. The third-order valence-electron chi connectivity index (χ3n) is 1.91. The Hall–Kier alpha value is 0.01000. The van der Waals surface area contributed by atoms with Gasteiger partial charge in [-0.3, -0.25) is 0 Å². The van der Waals surface area contributed by atoms with Crippen molar-refractivity contribution in [3.8, 4) is 0 Å². The molecule has 0 spiro atoms. The van der Waals surface area contributed by atoms with E-state index in [1.165, 1.54) is 5.56 Å². The number of aliphatic hydroxyl groups is 1. The zero-order valence-electron chi connectivity index (χ0n) is 7.53. The summed E-state index contributed by atoms with van der Waals surface area (Å²) in [5, 5.41) is 9.17. The molecule has 0 amide bonds. The second-order valence-electron chi connectivity index (χ2n) is 2.89. The van der Waals surface area contributed by atoms with Crippen LogP contribution in [-0.4, -0.2) is 23.7 Å². The SMILES string of the molecule is CSCC(CO)c1cccc(Br)c1. The van der Waals surface area contributed by atoms with Crippen molar-refractivity contribution in [2.75, 3.05) is 18.6 Å². The van der Waals surface area contributed by atoms with Gasteiger partial charge in [-0.25, -0.2) is 0 Å². The maximum Gasteiger partial charge on any atom is 0.0507 e. The molecule has 0 aliphatic carbocycles. The monoisotopic (exact) mass is 260 g/mol. The number of aliphatic hydroxyl groups excluding tert-OH is 1. The third-order valence-corrected chi connectivity index (χ3v) is 3.14. The van der Waals surface area contributed by atoms with Crippen molar-refractivity contribution in [2.45, 2.75) is 5.92 Å². The second kappa shape index (κ2) is 5.68. The van der Waals surface area contributed by atoms with Gasteiger partial charge in [-0.05, 0) is 24.0 Å². The molecule has 1 nitrogen and oxygen atoms in total. The third kappa shape index (κ3) is 3.33. The van der Waals surface area contributed by atoms with Crippen LogP contribution in [0.3, 0.4) is 0 Å². The summed E-state index contributed by atoms with van der Waals surface area (Å²) in [5.41, 5.74) is 1.20. The van der Waals surface area contributed by atoms with E-state index in [-0.39, 0.29) is 12.5 Å². The Balaban J connectivity index is 2.78. The lowest BCUT2D eigenvalue weighted by atomic mass is 10.0. The van der Waals surface area contributed by atoms with Crippen LogP contribution < -0.4 is 0 Å². The van der Waals surface area contributed by atoms with Gasteiger partial charge in [0.15, 0.2) is 0 Å². The lowest BCUT2D eigenvalue weighted by Gasteiger charge is -2.12. The Morgan fingerprint density at radius 3 is 2.85 bits per heavy atom. The van der Waals surface area contributed by atoms with Gasteiger partial charge in [0, 0.05) is 16.1 Å². The Morgan fingerprint density at radius 2 is 2.31 bits per heavy atom. The molecule has 1 atom stereocenters. The van der Waals surface area contributed by atoms with Crippen molar-refractivity contribution in [2.24, 2.45) is 0 Å². The predicted molar refractivity (Wildman–Crippen MR) is 62.4 cm³/mol. The standard InChI is InChI=1S/C10H13BrOS/c1-13-7-9(6-12)8-3-2-4-10(11)5-8/h2-5,9,12H,6-7H2,1H3. The fourth-order valence-corrected chi connectivity index (χ4v) is 2.33. The van der Waals surface area contributed by atoms with Gasteiger partial charge < -0.3 is 5.11 Å². The van der Waals surface area contributed by atoms with E-state index in [0.717, 1.165) is 10.2 Å². The minimum Gasteiger partial charge on any atom is -0.396 e. The van der Waals surface area contributed by atoms with Crippen LogP contribution >= 0.6 is 27.7 Å². The minimum absolute atomic E-state index is 0.220. The van der Waals surface area contributed by atoms with Crippen molar-refractivity contribution in [3.05, 3.63) is 34.3 Å². The summed E-state index contributed by atoms with van der Waals surface area (Å²) in [5.74, 6) is 1.22. The molecule has 13 heavy (non-hydrogen) atoms. The fourth-order valence-electron chi connectivity index (χ4n) is 1.22. The number of halogens is 1. The van der Waals surface area contributed by atoms with Crippen molar-refractivity contribution >= 4 is 27.7 Å². The van der Waals surface area contributed by atoms with E-state index in [9.17, 15) is 5.11 Å². The smallest absolute Gasteiger partial charge is 0.0507 e. The molecule has 0 radical (unpaired) electrons. The summed E-state index contributed by atoms with van der Waals surface area (Å²) in [7, 11) is 0. The molecule has 0 bridgehead atoms. The molecule has 1 unspecified atom stereocenters. The van der Waals surface area contributed by atoms with Gasteiger partial charge in [0.05, 0.1) is 6.61 Å². The van der Waals surface area contributed by atoms with Crippen molar-refractivity contribution in [3.63, 3.8) is 0 Å². The Kier molecular flexibility index (Phi) is 4.84. The molecule has 1 rings (SSSR count). The first-order valence-corrected chi connectivity index (χ1v) is 6.32. The van der Waals surface area contributed by atoms with Crippen LogP contribution in [0.4, 0.5) is 0 Å². The molecule has 1 aromatic rings. The van der Waals surface area contributed by atoms with E-state index in [1.807, 2.05) is 12.1 Å². The number of benzene rings is 1. The highest BCUT2D eigenvalue weighted by Gasteiger charge is 2.09. The van der Waals surface area contributed by atoms with Crippen LogP contribution in [0.25, 0.3) is 0 Å². The molecule has 0 aliphatic rings. The quantitative estimate of drug-likeness (QED) is 0.899. The van der Waals surface area contributed by atoms with Gasteiger partial charge in [-0.2, -0.15) is 11.8 Å². The predicted octanol–water partition coefficient (Wildman–Crippen LogP) is 2.89. The molecule has 1 aromatic carbocycles. The highest BCUT2D eigenvalue weighted by molar-refractivity contribution is 9.10. The Bertz CT molecular complexity index is 265. The van der Waals surface area contributed by atoms with Crippen LogP contribution in [0.1, 0.15) is 11.5 Å². The maximum absolute atomic E-state index is 9.17. The van der Waals surface area contributed by atoms with Gasteiger partial charge in [-0.15, -0.1) is 0 Å². The molecule has 0 aliphatic heterocycles. The first-order chi connectivity index (χ1) is 6.27. The number of rotatable bonds is 4. The van der Waals surface area contributed by atoms with E-state index in [2.05, 4.69) is 34.3 Å². The summed E-state index contributed by atoms with van der Waals surface area (Å²) >= 11 is 5.18. The number of thioether (sulfide) groups is 1. The van der Waals surface area contributed by atoms with Gasteiger partial charge in [0.2, 0.25) is 0 Å². The summed E-state index contributed by atoms with van der Waals surface area (Å²) in [6.45, 7) is 0.220. The van der Waals surface area contributed by atoms with E-state index < -0.39 is 0 Å². The van der Waals surface area contributed by atoms with Crippen molar-refractivity contribution < 1.29 is 5.11 Å². The molecule has 1 N–H and O–H groups in total. The fraction of sp³-hybridized carbons (Fsp3) is 0.400. The van der Waals surface area contributed by atoms with E-state index in [4.69, 9.17) is 0 Å². The van der Waals surface area contributed by atoms with Crippen LogP contribution in [-0.2, 0) is 0 Å². The summed E-state index contributed by atoms with van der Waals surface area (Å²) in [4.78, 5) is 0. The van der Waals surface area contributed by atoms with E-state index in [0.29, 0.717) is 0 Å². The number of hydrogen-bond donors (Lipinski definition) is 1. The van der Waals surface area contributed by atoms with Gasteiger partial charge in [-0.1, -0.05) is 28.1 Å². The highest BCUT2D eigenvalue weighted by Crippen LogP contribution is 2.22.